The second-order valence-electron chi connectivity index (χ2n) is 6.50. The molecule has 27 heavy (non-hydrogen) atoms. The lowest BCUT2D eigenvalue weighted by atomic mass is 10.1. The molecule has 0 aliphatic carbocycles. The summed E-state index contributed by atoms with van der Waals surface area (Å²) in [5.41, 5.74) is 8.01. The summed E-state index contributed by atoms with van der Waals surface area (Å²) in [6.07, 6.45) is 2.59. The summed E-state index contributed by atoms with van der Waals surface area (Å²) in [7, 11) is 1.47. The molecule has 1 saturated heterocycles. The van der Waals surface area contributed by atoms with Gasteiger partial charge in [0.25, 0.3) is 5.91 Å². The molecule has 0 saturated carbocycles. The number of carbonyl (C=O) groups excluding carboxylic acids is 2. The third-order valence-corrected chi connectivity index (χ3v) is 4.87. The highest BCUT2D eigenvalue weighted by Crippen LogP contribution is 2.29. The maximum Gasteiger partial charge on any atom is 0.259 e. The zero-order chi connectivity index (χ0) is 19.4. The van der Waals surface area contributed by atoms with E-state index in [-0.39, 0.29) is 11.8 Å². The zero-order valence-electron chi connectivity index (χ0n) is 15.1. The van der Waals surface area contributed by atoms with Gasteiger partial charge in [0.1, 0.15) is 5.75 Å². The first kappa shape index (κ1) is 19.0. The van der Waals surface area contributed by atoms with Crippen molar-refractivity contribution in [2.45, 2.75) is 25.8 Å². The van der Waals surface area contributed by atoms with Crippen LogP contribution in [-0.4, -0.2) is 30.4 Å². The van der Waals surface area contributed by atoms with Crippen LogP contribution in [0.4, 0.5) is 11.4 Å². The molecule has 2 aromatic carbocycles. The number of likely N-dealkylation sites (tertiary alicyclic amines) is 1. The average molecular weight is 388 g/mol. The molecule has 1 heterocycles. The molecule has 2 aromatic rings. The topological polar surface area (TPSA) is 84.7 Å². The van der Waals surface area contributed by atoms with E-state index in [2.05, 4.69) is 5.32 Å². The second-order valence-corrected chi connectivity index (χ2v) is 6.91. The first-order valence-electron chi connectivity index (χ1n) is 8.79. The van der Waals surface area contributed by atoms with Crippen molar-refractivity contribution in [1.29, 1.82) is 0 Å². The van der Waals surface area contributed by atoms with Crippen LogP contribution in [0.5, 0.6) is 5.75 Å². The van der Waals surface area contributed by atoms with Gasteiger partial charge in [0.05, 0.1) is 23.4 Å². The minimum atomic E-state index is -0.347. The first-order chi connectivity index (χ1) is 13.0. The van der Waals surface area contributed by atoms with Crippen LogP contribution in [0, 0.1) is 0 Å². The molecule has 2 amide bonds. The SMILES string of the molecule is COc1cc(N)c(Cl)cc1C(=O)Nc1cccc(CN2CCCCC2=O)c1. The van der Waals surface area contributed by atoms with Gasteiger partial charge in [-0.25, -0.2) is 0 Å². The number of carbonyl (C=O) groups is 2. The standard InChI is InChI=1S/C20H22ClN3O3/c1-27-18-11-17(22)16(21)10-15(18)20(26)23-14-6-4-5-13(9-14)12-24-8-3-2-7-19(24)25/h4-6,9-11H,2-3,7-8,12,22H2,1H3,(H,23,26). The second kappa shape index (κ2) is 8.31. The van der Waals surface area contributed by atoms with Crippen LogP contribution in [0.2, 0.25) is 5.02 Å². The van der Waals surface area contributed by atoms with Crippen LogP contribution in [-0.2, 0) is 11.3 Å². The van der Waals surface area contributed by atoms with Crippen LogP contribution in [0.1, 0.15) is 35.2 Å². The van der Waals surface area contributed by atoms with E-state index in [0.29, 0.717) is 40.7 Å². The molecule has 7 heteroatoms. The number of amides is 2. The Hall–Kier alpha value is -2.73. The highest BCUT2D eigenvalue weighted by atomic mass is 35.5. The quantitative estimate of drug-likeness (QED) is 0.766. The maximum atomic E-state index is 12.7. The van der Waals surface area contributed by atoms with E-state index in [1.807, 2.05) is 23.1 Å². The molecule has 1 aliphatic heterocycles. The lowest BCUT2D eigenvalue weighted by Crippen LogP contribution is -2.34. The largest absolute Gasteiger partial charge is 0.496 e. The number of ether oxygens (including phenoxy) is 1. The number of anilines is 2. The van der Waals surface area contributed by atoms with Gasteiger partial charge in [0, 0.05) is 31.3 Å². The van der Waals surface area contributed by atoms with Gasteiger partial charge in [0.15, 0.2) is 0 Å². The fourth-order valence-corrected chi connectivity index (χ4v) is 3.27. The Morgan fingerprint density at radius 2 is 2.11 bits per heavy atom. The van der Waals surface area contributed by atoms with E-state index in [0.717, 1.165) is 24.9 Å². The van der Waals surface area contributed by atoms with Crippen LogP contribution in [0.3, 0.4) is 0 Å². The fourth-order valence-electron chi connectivity index (χ4n) is 3.11. The molecule has 1 aliphatic rings. The molecule has 0 bridgehead atoms. The van der Waals surface area contributed by atoms with E-state index in [1.54, 1.807) is 6.07 Å². The zero-order valence-corrected chi connectivity index (χ0v) is 15.9. The monoisotopic (exact) mass is 387 g/mol. The molecular weight excluding hydrogens is 366 g/mol. The number of nitrogens with two attached hydrogens (primary N) is 1. The molecule has 0 unspecified atom stereocenters. The van der Waals surface area contributed by atoms with Crippen LogP contribution >= 0.6 is 11.6 Å². The van der Waals surface area contributed by atoms with Crippen molar-refractivity contribution in [2.75, 3.05) is 24.7 Å². The molecule has 3 N–H and O–H groups in total. The van der Waals surface area contributed by atoms with E-state index >= 15 is 0 Å². The number of hydrogen-bond acceptors (Lipinski definition) is 4. The lowest BCUT2D eigenvalue weighted by Gasteiger charge is -2.26. The predicted molar refractivity (Wildman–Crippen MR) is 106 cm³/mol. The van der Waals surface area contributed by atoms with Crippen LogP contribution in [0.25, 0.3) is 0 Å². The Kier molecular flexibility index (Phi) is 5.86. The Morgan fingerprint density at radius 1 is 1.30 bits per heavy atom. The highest BCUT2D eigenvalue weighted by molar-refractivity contribution is 6.33. The summed E-state index contributed by atoms with van der Waals surface area (Å²) in [4.78, 5) is 26.5. The average Bonchev–Trinajstić information content (AvgIpc) is 2.65. The first-order valence-corrected chi connectivity index (χ1v) is 9.17. The van der Waals surface area contributed by atoms with Gasteiger partial charge < -0.3 is 20.7 Å². The summed E-state index contributed by atoms with van der Waals surface area (Å²) >= 11 is 6.04. The van der Waals surface area contributed by atoms with Gasteiger partial charge in [0.2, 0.25) is 5.91 Å². The maximum absolute atomic E-state index is 12.7. The number of nitrogens with one attached hydrogen (secondary N) is 1. The number of benzene rings is 2. The number of hydrogen-bond donors (Lipinski definition) is 2. The Labute approximate surface area is 163 Å². The summed E-state index contributed by atoms with van der Waals surface area (Å²) < 4.78 is 5.23. The summed E-state index contributed by atoms with van der Waals surface area (Å²) in [6.45, 7) is 1.32. The van der Waals surface area contributed by atoms with Gasteiger partial charge in [-0.2, -0.15) is 0 Å². The van der Waals surface area contributed by atoms with E-state index in [4.69, 9.17) is 22.1 Å². The molecule has 0 aromatic heterocycles. The number of halogens is 1. The number of nitrogens with zero attached hydrogens (tertiary/aromatic N) is 1. The number of piperidine rings is 1. The number of methoxy groups -OCH3 is 1. The van der Waals surface area contributed by atoms with Crippen LogP contribution in [0.15, 0.2) is 36.4 Å². The Bertz CT molecular complexity index is 870. The molecule has 0 spiro atoms. The lowest BCUT2D eigenvalue weighted by molar-refractivity contribution is -0.133. The molecule has 0 atom stereocenters. The molecule has 1 fully saturated rings. The van der Waals surface area contributed by atoms with Crippen molar-refractivity contribution in [3.8, 4) is 5.75 Å². The van der Waals surface area contributed by atoms with Gasteiger partial charge >= 0.3 is 0 Å². The predicted octanol–water partition coefficient (Wildman–Crippen LogP) is 3.70. The molecule has 3 rings (SSSR count). The minimum Gasteiger partial charge on any atom is -0.496 e. The van der Waals surface area contributed by atoms with Crippen molar-refractivity contribution in [2.24, 2.45) is 0 Å². The Morgan fingerprint density at radius 3 is 2.85 bits per heavy atom. The van der Waals surface area contributed by atoms with Crippen molar-refractivity contribution >= 4 is 34.8 Å². The third kappa shape index (κ3) is 4.52. The molecule has 142 valence electrons. The minimum absolute atomic E-state index is 0.178. The normalized spacial score (nSPS) is 14.1. The van der Waals surface area contributed by atoms with Crippen molar-refractivity contribution in [3.63, 3.8) is 0 Å². The van der Waals surface area contributed by atoms with E-state index < -0.39 is 0 Å². The number of nitrogen functional groups attached to an aromatic ring is 1. The molecular formula is C20H22ClN3O3. The Balaban J connectivity index is 1.75. The summed E-state index contributed by atoms with van der Waals surface area (Å²) in [5, 5.41) is 3.14. The van der Waals surface area contributed by atoms with Gasteiger partial charge in [-0.15, -0.1) is 0 Å². The molecule has 6 nitrogen and oxygen atoms in total. The molecule has 0 radical (unpaired) electrons. The summed E-state index contributed by atoms with van der Waals surface area (Å²) in [6, 6.07) is 10.5. The van der Waals surface area contributed by atoms with Crippen molar-refractivity contribution < 1.29 is 14.3 Å². The third-order valence-electron chi connectivity index (χ3n) is 4.54. The van der Waals surface area contributed by atoms with Crippen molar-refractivity contribution in [3.05, 3.63) is 52.5 Å². The van der Waals surface area contributed by atoms with Gasteiger partial charge in [-0.3, -0.25) is 9.59 Å². The van der Waals surface area contributed by atoms with Gasteiger partial charge in [-0.05, 0) is 36.6 Å². The fraction of sp³-hybridized carbons (Fsp3) is 0.300. The van der Waals surface area contributed by atoms with E-state index in [9.17, 15) is 9.59 Å². The van der Waals surface area contributed by atoms with Crippen LogP contribution < -0.4 is 15.8 Å². The van der Waals surface area contributed by atoms with Crippen molar-refractivity contribution in [1.82, 2.24) is 4.90 Å². The highest BCUT2D eigenvalue weighted by Gasteiger charge is 2.19. The van der Waals surface area contributed by atoms with E-state index in [1.165, 1.54) is 19.2 Å². The van der Waals surface area contributed by atoms with Gasteiger partial charge in [-0.1, -0.05) is 23.7 Å². The number of rotatable bonds is 5. The summed E-state index contributed by atoms with van der Waals surface area (Å²) in [5.74, 6) is 0.182. The smallest absolute Gasteiger partial charge is 0.259 e.